The fourth-order valence-corrected chi connectivity index (χ4v) is 22.2. The molecule has 166 valence electrons. The van der Waals surface area contributed by atoms with Crippen LogP contribution < -0.4 is 0 Å². The number of allylic oxidation sites excluding steroid dienone is 1. The first kappa shape index (κ1) is 26.6. The molecule has 1 atom stereocenters. The van der Waals surface area contributed by atoms with Crippen molar-refractivity contribution in [2.75, 3.05) is 6.79 Å². The maximum atomic E-state index is 6.05. The monoisotopic (exact) mass is 510 g/mol. The Hall–Kier alpha value is -0.481. The summed E-state index contributed by atoms with van der Waals surface area (Å²) >= 11 is -2.44. The van der Waals surface area contributed by atoms with Gasteiger partial charge in [-0.15, -0.1) is 0 Å². The predicted octanol–water partition coefficient (Wildman–Crippen LogP) is 8.50. The number of rotatable bonds is 17. The van der Waals surface area contributed by atoms with Gasteiger partial charge >= 0.3 is 186 Å². The first-order valence-corrected chi connectivity index (χ1v) is 19.5. The number of hydrogen-bond donors (Lipinski definition) is 0. The van der Waals surface area contributed by atoms with Crippen molar-refractivity contribution in [2.24, 2.45) is 5.92 Å². The van der Waals surface area contributed by atoms with Gasteiger partial charge < -0.3 is 0 Å². The molecule has 0 spiro atoms. The second-order valence-electron chi connectivity index (χ2n) is 8.59. The zero-order valence-corrected chi connectivity index (χ0v) is 22.7. The second kappa shape index (κ2) is 16.2. The van der Waals surface area contributed by atoms with Crippen molar-refractivity contribution in [2.45, 2.75) is 99.5 Å². The molecule has 1 unspecified atom stereocenters. The average molecular weight is 509 g/mol. The summed E-state index contributed by atoms with van der Waals surface area (Å²) < 4.78 is 18.1. The van der Waals surface area contributed by atoms with E-state index in [4.69, 9.17) is 9.47 Å². The summed E-state index contributed by atoms with van der Waals surface area (Å²) in [5, 5.41) is 0. The Bertz CT molecular complexity index is 519. The van der Waals surface area contributed by atoms with Crippen molar-refractivity contribution in [3.63, 3.8) is 0 Å². The molecule has 0 N–H and O–H groups in total. The summed E-state index contributed by atoms with van der Waals surface area (Å²) in [6.45, 7) is 12.8. The molecule has 0 radical (unpaired) electrons. The van der Waals surface area contributed by atoms with Crippen molar-refractivity contribution < 1.29 is 9.47 Å². The predicted molar refractivity (Wildman–Crippen MR) is 130 cm³/mol. The van der Waals surface area contributed by atoms with Crippen molar-refractivity contribution in [1.29, 1.82) is 0 Å². The summed E-state index contributed by atoms with van der Waals surface area (Å²) in [5.74, 6) is 0.644. The summed E-state index contributed by atoms with van der Waals surface area (Å²) in [6, 6.07) is 10.3. The first-order chi connectivity index (χ1) is 14.1. The van der Waals surface area contributed by atoms with Crippen LogP contribution >= 0.6 is 0 Å². The summed E-state index contributed by atoms with van der Waals surface area (Å²) in [4.78, 5) is 0. The molecule has 0 aliphatic rings. The van der Waals surface area contributed by atoms with E-state index in [-0.39, 0.29) is 0 Å². The zero-order chi connectivity index (χ0) is 21.4. The standard InChI is InChI=1S/C14H19O2.3C4H9.Sn/c1-3-13(2)9-10-15-12-16-11-14-7-5-4-6-8-14;3*1-3-4-2;/h4-8,10,13H,3,11-12H2,1-2H3;3*1,3-4H2,2H3;. The van der Waals surface area contributed by atoms with Crippen LogP contribution in [0.5, 0.6) is 0 Å². The molecule has 0 heterocycles. The molecule has 0 aliphatic heterocycles. The summed E-state index contributed by atoms with van der Waals surface area (Å²) in [5.41, 5.74) is 1.20. The Balaban J connectivity index is 2.91. The Morgan fingerprint density at radius 3 is 1.93 bits per heavy atom. The van der Waals surface area contributed by atoms with E-state index in [1.807, 2.05) is 6.07 Å². The Morgan fingerprint density at radius 1 is 0.897 bits per heavy atom. The summed E-state index contributed by atoms with van der Waals surface area (Å²) in [7, 11) is 0. The van der Waals surface area contributed by atoms with Gasteiger partial charge in [-0.3, -0.25) is 0 Å². The molecule has 2 nitrogen and oxygen atoms in total. The molecule has 1 aromatic carbocycles. The Kier molecular flexibility index (Phi) is 14.9. The molecule has 0 aliphatic carbocycles. The fraction of sp³-hybridized carbons (Fsp3) is 0.692. The molecule has 0 aromatic heterocycles. The van der Waals surface area contributed by atoms with Gasteiger partial charge in [-0.05, 0) is 0 Å². The van der Waals surface area contributed by atoms with E-state index in [2.05, 4.69) is 65.1 Å². The van der Waals surface area contributed by atoms with E-state index < -0.39 is 18.4 Å². The molecule has 1 aromatic rings. The summed E-state index contributed by atoms with van der Waals surface area (Å²) in [6.07, 6.45) is 11.5. The normalized spacial score (nSPS) is 13.5. The third-order valence-corrected chi connectivity index (χ3v) is 22.7. The van der Waals surface area contributed by atoms with E-state index >= 15 is 0 Å². The van der Waals surface area contributed by atoms with Crippen molar-refractivity contribution in [3.8, 4) is 0 Å². The number of unbranched alkanes of at least 4 members (excludes halogenated alkanes) is 3. The van der Waals surface area contributed by atoms with Crippen LogP contribution in [0.1, 0.15) is 85.1 Å². The van der Waals surface area contributed by atoms with Crippen LogP contribution in [0.4, 0.5) is 0 Å². The van der Waals surface area contributed by atoms with Gasteiger partial charge in [0.15, 0.2) is 0 Å². The van der Waals surface area contributed by atoms with Gasteiger partial charge in [-0.2, -0.15) is 0 Å². The molecule has 1 rings (SSSR count). The molecule has 3 heteroatoms. The van der Waals surface area contributed by atoms with Gasteiger partial charge in [0.25, 0.3) is 0 Å². The quantitative estimate of drug-likeness (QED) is 0.0908. The molecular weight excluding hydrogens is 463 g/mol. The van der Waals surface area contributed by atoms with Gasteiger partial charge in [0, 0.05) is 0 Å². The third-order valence-electron chi connectivity index (χ3n) is 6.26. The van der Waals surface area contributed by atoms with Crippen LogP contribution in [0.2, 0.25) is 13.3 Å². The Morgan fingerprint density at radius 2 is 1.45 bits per heavy atom. The molecule has 0 bridgehead atoms. The number of hydrogen-bond acceptors (Lipinski definition) is 2. The minimum absolute atomic E-state index is 0.353. The maximum absolute atomic E-state index is 6.05. The van der Waals surface area contributed by atoms with E-state index in [0.29, 0.717) is 19.3 Å². The fourth-order valence-electron chi connectivity index (χ4n) is 4.24. The van der Waals surface area contributed by atoms with Gasteiger partial charge in [-0.1, -0.05) is 0 Å². The molecule has 0 fully saturated rings. The zero-order valence-electron chi connectivity index (χ0n) is 19.8. The van der Waals surface area contributed by atoms with Gasteiger partial charge in [-0.25, -0.2) is 0 Å². The van der Waals surface area contributed by atoms with Crippen LogP contribution in [-0.2, 0) is 16.1 Å². The number of benzene rings is 1. The molecular formula is C26H46O2Sn. The van der Waals surface area contributed by atoms with E-state index in [1.54, 1.807) is 3.59 Å². The van der Waals surface area contributed by atoms with Crippen LogP contribution in [0, 0.1) is 5.92 Å². The van der Waals surface area contributed by atoms with Crippen molar-refractivity contribution in [1.82, 2.24) is 0 Å². The van der Waals surface area contributed by atoms with Crippen LogP contribution in [-0.4, -0.2) is 25.2 Å². The van der Waals surface area contributed by atoms with Crippen LogP contribution in [0.3, 0.4) is 0 Å². The van der Waals surface area contributed by atoms with E-state index in [9.17, 15) is 0 Å². The third kappa shape index (κ3) is 9.91. The molecule has 0 saturated carbocycles. The van der Waals surface area contributed by atoms with Crippen molar-refractivity contribution >= 4 is 18.4 Å². The van der Waals surface area contributed by atoms with Gasteiger partial charge in [0.05, 0.1) is 0 Å². The van der Waals surface area contributed by atoms with E-state index in [1.165, 1.54) is 63.8 Å². The topological polar surface area (TPSA) is 18.5 Å². The minimum atomic E-state index is -2.44. The molecule has 0 saturated heterocycles. The van der Waals surface area contributed by atoms with Gasteiger partial charge in [0.2, 0.25) is 0 Å². The van der Waals surface area contributed by atoms with Crippen LogP contribution in [0.25, 0.3) is 0 Å². The van der Waals surface area contributed by atoms with E-state index in [0.717, 1.165) is 0 Å². The average Bonchev–Trinajstić information content (AvgIpc) is 2.76. The van der Waals surface area contributed by atoms with Crippen molar-refractivity contribution in [3.05, 3.63) is 45.7 Å². The molecule has 29 heavy (non-hydrogen) atoms. The SMILES string of the molecule is CCC[CH2][Sn]([CH2]CCC)([CH2]CCC)/[C](=C/OCOCc1ccccc1)C(C)CC. The molecule has 0 amide bonds. The number of ether oxygens (including phenoxy) is 2. The second-order valence-corrected chi connectivity index (χ2v) is 21.8. The Labute approximate surface area is 185 Å². The van der Waals surface area contributed by atoms with Crippen LogP contribution in [0.15, 0.2) is 40.2 Å². The first-order valence-electron chi connectivity index (χ1n) is 12.1. The van der Waals surface area contributed by atoms with Gasteiger partial charge in [0.1, 0.15) is 0 Å².